The Labute approximate surface area is 344 Å². The van der Waals surface area contributed by atoms with E-state index in [0.717, 1.165) is 64.2 Å². The van der Waals surface area contributed by atoms with Crippen LogP contribution in [0.3, 0.4) is 0 Å². The molecule has 0 aliphatic carbocycles. The minimum Gasteiger partial charge on any atom is -0.462 e. The van der Waals surface area contributed by atoms with E-state index in [4.69, 9.17) is 14.2 Å². The summed E-state index contributed by atoms with van der Waals surface area (Å²) in [7, 11) is 0. The lowest BCUT2D eigenvalue weighted by atomic mass is 10.0. The van der Waals surface area contributed by atoms with Crippen molar-refractivity contribution in [1.29, 1.82) is 0 Å². The van der Waals surface area contributed by atoms with E-state index < -0.39 is 6.10 Å². The van der Waals surface area contributed by atoms with Crippen LogP contribution in [0.15, 0.2) is 85.1 Å². The highest BCUT2D eigenvalue weighted by molar-refractivity contribution is 5.71. The Balaban J connectivity index is 4.48. The van der Waals surface area contributed by atoms with Gasteiger partial charge in [0.1, 0.15) is 13.2 Å². The molecule has 1 atom stereocenters. The Morgan fingerprint density at radius 1 is 0.375 bits per heavy atom. The summed E-state index contributed by atoms with van der Waals surface area (Å²) in [6.45, 7) is 6.37. The number of unbranched alkanes of at least 4 members (excludes halogenated alkanes) is 19. The lowest BCUT2D eigenvalue weighted by Gasteiger charge is -2.18. The fourth-order valence-electron chi connectivity index (χ4n) is 5.89. The zero-order chi connectivity index (χ0) is 40.8. The van der Waals surface area contributed by atoms with Crippen LogP contribution in [0.4, 0.5) is 0 Å². The molecule has 0 saturated heterocycles. The average Bonchev–Trinajstić information content (AvgIpc) is 3.19. The van der Waals surface area contributed by atoms with Gasteiger partial charge in [0.25, 0.3) is 0 Å². The molecule has 0 rings (SSSR count). The van der Waals surface area contributed by atoms with Crippen LogP contribution >= 0.6 is 0 Å². The van der Waals surface area contributed by atoms with Gasteiger partial charge in [-0.05, 0) is 57.8 Å². The smallest absolute Gasteiger partial charge is 0.306 e. The SMILES string of the molecule is CC\C=C/C=C\C=C/C=C\C=C\C=C/CCCCCC(=O)OCC(COC(=O)CCC/C=C\CCCCCC)OC(=O)CCCCCCCCCCCCCC. The first-order chi connectivity index (χ1) is 27.5. The lowest BCUT2D eigenvalue weighted by molar-refractivity contribution is -0.167. The average molecular weight is 779 g/mol. The number of ether oxygens (including phenoxy) is 3. The first kappa shape index (κ1) is 52.6. The first-order valence-corrected chi connectivity index (χ1v) is 22.7. The van der Waals surface area contributed by atoms with Gasteiger partial charge < -0.3 is 14.2 Å². The van der Waals surface area contributed by atoms with Crippen molar-refractivity contribution in [2.75, 3.05) is 13.2 Å². The Kier molecular flexibility index (Phi) is 41.6. The fraction of sp³-hybridized carbons (Fsp3) is 0.660. The van der Waals surface area contributed by atoms with Crippen LogP contribution in [0.5, 0.6) is 0 Å². The van der Waals surface area contributed by atoms with Gasteiger partial charge in [0, 0.05) is 19.3 Å². The Hall–Kier alpha value is -3.41. The summed E-state index contributed by atoms with van der Waals surface area (Å²) in [5.41, 5.74) is 0. The minimum atomic E-state index is -0.801. The predicted octanol–water partition coefficient (Wildman–Crippen LogP) is 14.5. The molecule has 0 aliphatic heterocycles. The quantitative estimate of drug-likeness (QED) is 0.0203. The highest BCUT2D eigenvalue weighted by atomic mass is 16.6. The first-order valence-electron chi connectivity index (χ1n) is 22.7. The van der Waals surface area contributed by atoms with Crippen molar-refractivity contribution in [2.45, 2.75) is 200 Å². The molecule has 0 N–H and O–H groups in total. The molecule has 0 spiro atoms. The summed E-state index contributed by atoms with van der Waals surface area (Å²) >= 11 is 0. The molecule has 0 heterocycles. The Morgan fingerprint density at radius 3 is 1.23 bits per heavy atom. The van der Waals surface area contributed by atoms with Crippen LogP contribution in [-0.2, 0) is 28.6 Å². The number of carbonyl (C=O) groups excluding carboxylic acids is 3. The van der Waals surface area contributed by atoms with E-state index in [1.165, 1.54) is 83.5 Å². The van der Waals surface area contributed by atoms with Crippen molar-refractivity contribution < 1.29 is 28.6 Å². The molecule has 0 aromatic rings. The third-order valence-electron chi connectivity index (χ3n) is 9.30. The van der Waals surface area contributed by atoms with E-state index in [-0.39, 0.29) is 31.1 Å². The monoisotopic (exact) mass is 779 g/mol. The summed E-state index contributed by atoms with van der Waals surface area (Å²) < 4.78 is 16.6. The van der Waals surface area contributed by atoms with Gasteiger partial charge in [0.05, 0.1) is 0 Å². The van der Waals surface area contributed by atoms with Crippen molar-refractivity contribution in [2.24, 2.45) is 0 Å². The zero-order valence-corrected chi connectivity index (χ0v) is 36.1. The summed E-state index contributed by atoms with van der Waals surface area (Å²) in [6.07, 6.45) is 55.7. The molecule has 56 heavy (non-hydrogen) atoms. The van der Waals surface area contributed by atoms with E-state index >= 15 is 0 Å². The number of carbonyl (C=O) groups is 3. The van der Waals surface area contributed by atoms with Crippen LogP contribution in [0.1, 0.15) is 194 Å². The molecule has 0 radical (unpaired) electrons. The second kappa shape index (κ2) is 44.3. The molecule has 0 saturated carbocycles. The summed E-state index contributed by atoms with van der Waals surface area (Å²) in [6, 6.07) is 0. The van der Waals surface area contributed by atoms with Crippen LogP contribution in [-0.4, -0.2) is 37.2 Å². The number of hydrogen-bond donors (Lipinski definition) is 0. The van der Waals surface area contributed by atoms with Crippen LogP contribution in [0.2, 0.25) is 0 Å². The fourth-order valence-corrected chi connectivity index (χ4v) is 5.89. The minimum absolute atomic E-state index is 0.106. The maximum Gasteiger partial charge on any atom is 0.306 e. The number of allylic oxidation sites excluding steroid dienone is 14. The molecule has 0 amide bonds. The van der Waals surface area contributed by atoms with Crippen molar-refractivity contribution >= 4 is 17.9 Å². The molecule has 0 bridgehead atoms. The van der Waals surface area contributed by atoms with Gasteiger partial charge in [-0.15, -0.1) is 0 Å². The third-order valence-corrected chi connectivity index (χ3v) is 9.30. The second-order valence-corrected chi connectivity index (χ2v) is 14.7. The van der Waals surface area contributed by atoms with Gasteiger partial charge in [0.15, 0.2) is 6.10 Å². The summed E-state index contributed by atoms with van der Waals surface area (Å²) in [5, 5.41) is 0. The van der Waals surface area contributed by atoms with Crippen LogP contribution in [0.25, 0.3) is 0 Å². The number of hydrogen-bond acceptors (Lipinski definition) is 6. The highest BCUT2D eigenvalue weighted by Crippen LogP contribution is 2.14. The Morgan fingerprint density at radius 2 is 0.732 bits per heavy atom. The van der Waals surface area contributed by atoms with E-state index in [1.54, 1.807) is 0 Å². The molecule has 6 nitrogen and oxygen atoms in total. The van der Waals surface area contributed by atoms with E-state index in [1.807, 2.05) is 60.8 Å². The standard InChI is InChI=1S/C50H82O6/c1-4-7-10-13-16-19-21-23-24-25-26-27-29-31-34-37-40-43-49(52)55-46-47(45-54-48(51)42-39-36-33-30-18-15-12-9-6-3)56-50(53)44-41-38-35-32-28-22-20-17-14-11-8-5-2/h7,10,13,16,19,21,23-27,29-30,33,47H,4-6,8-9,11-12,14-15,17-18,20,22,28,31-32,34-46H2,1-3H3/b10-7-,16-13-,21-19-,24-23-,26-25+,29-27-,33-30-. The molecular weight excluding hydrogens is 697 g/mol. The van der Waals surface area contributed by atoms with Crippen molar-refractivity contribution in [3.8, 4) is 0 Å². The van der Waals surface area contributed by atoms with Crippen molar-refractivity contribution in [3.63, 3.8) is 0 Å². The predicted molar refractivity (Wildman–Crippen MR) is 237 cm³/mol. The molecule has 0 fully saturated rings. The molecule has 0 aromatic heterocycles. The van der Waals surface area contributed by atoms with Gasteiger partial charge in [-0.2, -0.15) is 0 Å². The van der Waals surface area contributed by atoms with E-state index in [2.05, 4.69) is 45.1 Å². The van der Waals surface area contributed by atoms with Gasteiger partial charge in [-0.25, -0.2) is 0 Å². The second-order valence-electron chi connectivity index (χ2n) is 14.7. The van der Waals surface area contributed by atoms with Gasteiger partial charge in [-0.1, -0.05) is 202 Å². The highest BCUT2D eigenvalue weighted by Gasteiger charge is 2.19. The van der Waals surface area contributed by atoms with Crippen LogP contribution in [0, 0.1) is 0 Å². The largest absolute Gasteiger partial charge is 0.462 e. The zero-order valence-electron chi connectivity index (χ0n) is 36.1. The number of rotatable bonds is 39. The Bertz CT molecular complexity index is 1120. The normalized spacial score (nSPS) is 12.8. The molecule has 318 valence electrons. The third kappa shape index (κ3) is 41.7. The molecular formula is C50H82O6. The topological polar surface area (TPSA) is 78.9 Å². The van der Waals surface area contributed by atoms with Gasteiger partial charge in [0.2, 0.25) is 0 Å². The molecule has 0 aliphatic rings. The van der Waals surface area contributed by atoms with Crippen molar-refractivity contribution in [3.05, 3.63) is 85.1 Å². The summed E-state index contributed by atoms with van der Waals surface area (Å²) in [5.74, 6) is -0.989. The van der Waals surface area contributed by atoms with E-state index in [0.29, 0.717) is 25.7 Å². The van der Waals surface area contributed by atoms with Gasteiger partial charge in [-0.3, -0.25) is 14.4 Å². The maximum atomic E-state index is 12.7. The molecule has 0 aromatic carbocycles. The van der Waals surface area contributed by atoms with Crippen LogP contribution < -0.4 is 0 Å². The van der Waals surface area contributed by atoms with Gasteiger partial charge >= 0.3 is 17.9 Å². The maximum absolute atomic E-state index is 12.7. The molecule has 6 heteroatoms. The lowest BCUT2D eigenvalue weighted by Crippen LogP contribution is -2.30. The summed E-state index contributed by atoms with van der Waals surface area (Å²) in [4.78, 5) is 37.7. The number of esters is 3. The van der Waals surface area contributed by atoms with Crippen molar-refractivity contribution in [1.82, 2.24) is 0 Å². The molecule has 1 unspecified atom stereocenters. The van der Waals surface area contributed by atoms with E-state index in [9.17, 15) is 14.4 Å².